The van der Waals surface area contributed by atoms with Crippen molar-refractivity contribution < 1.29 is 9.59 Å². The highest BCUT2D eigenvalue weighted by atomic mass is 16.2. The first-order valence-electron chi connectivity index (χ1n) is 11.3. The van der Waals surface area contributed by atoms with Gasteiger partial charge in [0.25, 0.3) is 11.8 Å². The Kier molecular flexibility index (Phi) is 7.15. The molecule has 0 saturated heterocycles. The van der Waals surface area contributed by atoms with E-state index in [-0.39, 0.29) is 17.9 Å². The van der Waals surface area contributed by atoms with E-state index in [1.54, 1.807) is 36.6 Å². The molecule has 0 spiro atoms. The second-order valence-electron chi connectivity index (χ2n) is 8.15. The summed E-state index contributed by atoms with van der Waals surface area (Å²) < 4.78 is 0. The number of hydrogen-bond acceptors (Lipinski definition) is 3. The second kappa shape index (κ2) is 10.6. The SMILES string of the molecule is C=C/C(=C\C=C\NC(=O)c1ccccc1)c1nc2ccc(C(=O)NC3CCCCC3)cc2[nH]1. The topological polar surface area (TPSA) is 86.9 Å². The molecule has 1 fully saturated rings. The van der Waals surface area contributed by atoms with E-state index in [4.69, 9.17) is 0 Å². The van der Waals surface area contributed by atoms with E-state index < -0.39 is 0 Å². The molecule has 3 N–H and O–H groups in total. The number of carbonyl (C=O) groups is 2. The maximum Gasteiger partial charge on any atom is 0.255 e. The van der Waals surface area contributed by atoms with Crippen LogP contribution in [-0.4, -0.2) is 27.8 Å². The summed E-state index contributed by atoms with van der Waals surface area (Å²) in [5, 5.41) is 5.89. The predicted octanol–water partition coefficient (Wildman–Crippen LogP) is 5.14. The van der Waals surface area contributed by atoms with Crippen LogP contribution >= 0.6 is 0 Å². The lowest BCUT2D eigenvalue weighted by atomic mass is 9.95. The zero-order valence-electron chi connectivity index (χ0n) is 18.5. The van der Waals surface area contributed by atoms with Crippen LogP contribution in [0.3, 0.4) is 0 Å². The van der Waals surface area contributed by atoms with Crippen LogP contribution in [0.2, 0.25) is 0 Å². The van der Waals surface area contributed by atoms with Crippen molar-refractivity contribution in [1.82, 2.24) is 20.6 Å². The molecule has 0 aliphatic heterocycles. The van der Waals surface area contributed by atoms with Crippen LogP contribution in [0.5, 0.6) is 0 Å². The number of imidazole rings is 1. The average Bonchev–Trinajstić information content (AvgIpc) is 3.28. The molecule has 0 atom stereocenters. The van der Waals surface area contributed by atoms with Gasteiger partial charge in [-0.05, 0) is 55.3 Å². The van der Waals surface area contributed by atoms with E-state index in [9.17, 15) is 9.59 Å². The smallest absolute Gasteiger partial charge is 0.255 e. The number of hydrogen-bond donors (Lipinski definition) is 3. The molecule has 1 aliphatic carbocycles. The van der Waals surface area contributed by atoms with Crippen molar-refractivity contribution in [3.05, 3.63) is 96.5 Å². The van der Waals surface area contributed by atoms with E-state index in [2.05, 4.69) is 27.2 Å². The van der Waals surface area contributed by atoms with Crippen molar-refractivity contribution in [3.63, 3.8) is 0 Å². The number of aromatic nitrogens is 2. The molecule has 6 heteroatoms. The molecule has 168 valence electrons. The lowest BCUT2D eigenvalue weighted by Crippen LogP contribution is -2.36. The largest absolute Gasteiger partial charge is 0.349 e. The quantitative estimate of drug-likeness (QED) is 0.445. The van der Waals surface area contributed by atoms with Crippen molar-refractivity contribution in [2.24, 2.45) is 0 Å². The molecule has 33 heavy (non-hydrogen) atoms. The van der Waals surface area contributed by atoms with Crippen LogP contribution in [0.25, 0.3) is 16.6 Å². The molecule has 0 unspecified atom stereocenters. The third-order valence-electron chi connectivity index (χ3n) is 5.80. The predicted molar refractivity (Wildman–Crippen MR) is 132 cm³/mol. The van der Waals surface area contributed by atoms with Gasteiger partial charge < -0.3 is 15.6 Å². The van der Waals surface area contributed by atoms with E-state index in [0.29, 0.717) is 17.0 Å². The zero-order valence-corrected chi connectivity index (χ0v) is 18.5. The van der Waals surface area contributed by atoms with Crippen LogP contribution in [0.1, 0.15) is 58.6 Å². The van der Waals surface area contributed by atoms with Gasteiger partial charge in [0.1, 0.15) is 5.82 Å². The standard InChI is InChI=1S/C27H28N4O2/c1-2-19(12-9-17-28-26(32)20-10-5-3-6-11-20)25-30-23-16-15-21(18-24(23)31-25)27(33)29-22-13-7-4-8-14-22/h2-3,5-6,9-12,15-18,22H,1,4,7-8,13-14H2,(H,28,32)(H,29,33)(H,30,31)/b17-9+,19-12+. The van der Waals surface area contributed by atoms with Crippen molar-refractivity contribution in [1.29, 1.82) is 0 Å². The normalized spacial score (nSPS) is 15.0. The third kappa shape index (κ3) is 5.66. The van der Waals surface area contributed by atoms with Crippen LogP contribution in [0.15, 0.2) is 79.5 Å². The number of allylic oxidation sites excluding steroid dienone is 4. The maximum absolute atomic E-state index is 12.7. The van der Waals surface area contributed by atoms with Gasteiger partial charge in [-0.3, -0.25) is 9.59 Å². The van der Waals surface area contributed by atoms with Gasteiger partial charge >= 0.3 is 0 Å². The Bertz CT molecular complexity index is 1200. The minimum Gasteiger partial charge on any atom is -0.349 e. The molecule has 0 bridgehead atoms. The van der Waals surface area contributed by atoms with Crippen LogP contribution in [0.4, 0.5) is 0 Å². The summed E-state index contributed by atoms with van der Waals surface area (Å²) in [6.45, 7) is 3.87. The lowest BCUT2D eigenvalue weighted by Gasteiger charge is -2.22. The summed E-state index contributed by atoms with van der Waals surface area (Å²) in [4.78, 5) is 32.7. The van der Waals surface area contributed by atoms with Gasteiger partial charge in [0.2, 0.25) is 0 Å². The van der Waals surface area contributed by atoms with Gasteiger partial charge in [0.15, 0.2) is 0 Å². The molecular formula is C27H28N4O2. The van der Waals surface area contributed by atoms with Gasteiger partial charge in [-0.2, -0.15) is 0 Å². The highest BCUT2D eigenvalue weighted by molar-refractivity contribution is 5.98. The number of nitrogens with one attached hydrogen (secondary N) is 3. The molecular weight excluding hydrogens is 412 g/mol. The summed E-state index contributed by atoms with van der Waals surface area (Å²) >= 11 is 0. The molecule has 2 aromatic carbocycles. The first kappa shape index (κ1) is 22.3. The molecule has 1 saturated carbocycles. The molecule has 3 aromatic rings. The van der Waals surface area contributed by atoms with Gasteiger partial charge in [0, 0.05) is 28.9 Å². The van der Waals surface area contributed by atoms with Gasteiger partial charge in [-0.25, -0.2) is 4.98 Å². The highest BCUT2D eigenvalue weighted by Crippen LogP contribution is 2.21. The van der Waals surface area contributed by atoms with E-state index >= 15 is 0 Å². The number of benzene rings is 2. The Balaban J connectivity index is 1.44. The van der Waals surface area contributed by atoms with Crippen molar-refractivity contribution >= 4 is 28.4 Å². The number of fused-ring (bicyclic) bond motifs is 1. The summed E-state index contributed by atoms with van der Waals surface area (Å²) in [5.74, 6) is 0.420. The molecule has 4 rings (SSSR count). The maximum atomic E-state index is 12.7. The summed E-state index contributed by atoms with van der Waals surface area (Å²) in [6, 6.07) is 14.8. The molecule has 1 aromatic heterocycles. The minimum atomic E-state index is -0.178. The fourth-order valence-corrected chi connectivity index (χ4v) is 4.00. The monoisotopic (exact) mass is 440 g/mol. The van der Waals surface area contributed by atoms with Crippen LogP contribution in [-0.2, 0) is 0 Å². The van der Waals surface area contributed by atoms with E-state index in [0.717, 1.165) is 29.4 Å². The highest BCUT2D eigenvalue weighted by Gasteiger charge is 2.17. The minimum absolute atomic E-state index is 0.0449. The number of aromatic amines is 1. The Morgan fingerprint density at radius 1 is 1.00 bits per heavy atom. The number of rotatable bonds is 7. The number of H-pyrrole nitrogens is 1. The zero-order chi connectivity index (χ0) is 23.0. The lowest BCUT2D eigenvalue weighted by molar-refractivity contribution is 0.0926. The Hall–Kier alpha value is -3.93. The third-order valence-corrected chi connectivity index (χ3v) is 5.80. The Morgan fingerprint density at radius 2 is 1.79 bits per heavy atom. The molecule has 6 nitrogen and oxygen atoms in total. The first-order chi connectivity index (χ1) is 16.1. The summed E-state index contributed by atoms with van der Waals surface area (Å²) in [5.41, 5.74) is 3.54. The Morgan fingerprint density at radius 3 is 2.55 bits per heavy atom. The van der Waals surface area contributed by atoms with Gasteiger partial charge in [0.05, 0.1) is 11.0 Å². The van der Waals surface area contributed by atoms with Crippen molar-refractivity contribution in [3.8, 4) is 0 Å². The average molecular weight is 441 g/mol. The molecule has 1 aliphatic rings. The number of amides is 2. The number of carbonyl (C=O) groups excluding carboxylic acids is 2. The van der Waals surface area contributed by atoms with Crippen molar-refractivity contribution in [2.75, 3.05) is 0 Å². The Labute approximate surface area is 193 Å². The molecule has 0 radical (unpaired) electrons. The summed E-state index contributed by atoms with van der Waals surface area (Å²) in [7, 11) is 0. The van der Waals surface area contributed by atoms with Crippen molar-refractivity contribution in [2.45, 2.75) is 38.1 Å². The fraction of sp³-hybridized carbons (Fsp3) is 0.222. The van der Waals surface area contributed by atoms with Crippen LogP contribution in [0, 0.1) is 0 Å². The second-order valence-corrected chi connectivity index (χ2v) is 8.15. The van der Waals surface area contributed by atoms with E-state index in [1.165, 1.54) is 19.3 Å². The van der Waals surface area contributed by atoms with Gasteiger partial charge in [-0.1, -0.05) is 50.1 Å². The molecule has 1 heterocycles. The molecule has 2 amide bonds. The van der Waals surface area contributed by atoms with E-state index in [1.807, 2.05) is 36.4 Å². The fourth-order valence-electron chi connectivity index (χ4n) is 4.00. The van der Waals surface area contributed by atoms with Crippen LogP contribution < -0.4 is 10.6 Å². The first-order valence-corrected chi connectivity index (χ1v) is 11.3. The van der Waals surface area contributed by atoms with Gasteiger partial charge in [-0.15, -0.1) is 0 Å². The summed E-state index contributed by atoms with van der Waals surface area (Å²) in [6.07, 6.45) is 12.5. The number of nitrogens with zero attached hydrogens (tertiary/aromatic N) is 1.